The van der Waals surface area contributed by atoms with Crippen molar-refractivity contribution in [2.45, 2.75) is 79.0 Å². The van der Waals surface area contributed by atoms with Crippen LogP contribution in [0.3, 0.4) is 0 Å². The topological polar surface area (TPSA) is 64.4 Å². The Kier molecular flexibility index (Phi) is 6.03. The third kappa shape index (κ3) is 9.00. The molecule has 0 spiro atoms. The van der Waals surface area contributed by atoms with Gasteiger partial charge in [-0.1, -0.05) is 20.8 Å². The van der Waals surface area contributed by atoms with Crippen LogP contribution in [0.4, 0.5) is 0 Å². The van der Waals surface area contributed by atoms with E-state index >= 15 is 0 Å². The van der Waals surface area contributed by atoms with Crippen LogP contribution in [0.1, 0.15) is 61.8 Å². The van der Waals surface area contributed by atoms with Crippen LogP contribution in [0.15, 0.2) is 0 Å². The minimum atomic E-state index is -0.498. The smallest absolute Gasteiger partial charge is 0.237 e. The molecule has 0 bridgehead atoms. The molecule has 0 heterocycles. The molecule has 0 saturated heterocycles. The molecular formula is C15H32N2O2. The lowest BCUT2D eigenvalue weighted by atomic mass is 9.83. The van der Waals surface area contributed by atoms with Gasteiger partial charge in [0.05, 0.1) is 23.8 Å². The predicted octanol–water partition coefficient (Wildman–Crippen LogP) is 2.46. The van der Waals surface area contributed by atoms with Crippen molar-refractivity contribution >= 4 is 5.91 Å². The number of amides is 1. The van der Waals surface area contributed by atoms with Crippen LogP contribution < -0.4 is 11.1 Å². The second-order valence-corrected chi connectivity index (χ2v) is 7.95. The number of nitrogens with two attached hydrogens (primary N) is 1. The van der Waals surface area contributed by atoms with E-state index < -0.39 is 11.6 Å². The first-order valence-corrected chi connectivity index (χ1v) is 6.96. The molecule has 3 N–H and O–H groups in total. The van der Waals surface area contributed by atoms with Gasteiger partial charge in [-0.15, -0.1) is 0 Å². The molecule has 0 aliphatic rings. The van der Waals surface area contributed by atoms with Gasteiger partial charge in [-0.2, -0.15) is 0 Å². The average Bonchev–Trinajstić information content (AvgIpc) is 2.10. The van der Waals surface area contributed by atoms with Gasteiger partial charge in [0.2, 0.25) is 5.91 Å². The molecule has 1 amide bonds. The van der Waals surface area contributed by atoms with Crippen molar-refractivity contribution in [1.82, 2.24) is 5.32 Å². The third-order valence-corrected chi connectivity index (χ3v) is 2.65. The third-order valence-electron chi connectivity index (χ3n) is 2.65. The highest BCUT2D eigenvalue weighted by Gasteiger charge is 2.30. The standard InChI is InChI=1S/C15H32N2O2/c1-11(16)12(18)17-14(5,6)10-19-15(7,8)9-13(2,3)4/h11H,9-10,16H2,1-8H3,(H,17,18). The second kappa shape index (κ2) is 6.23. The van der Waals surface area contributed by atoms with Gasteiger partial charge in [-0.25, -0.2) is 0 Å². The fourth-order valence-corrected chi connectivity index (χ4v) is 2.19. The number of nitrogens with one attached hydrogen (secondary N) is 1. The lowest BCUT2D eigenvalue weighted by molar-refractivity contribution is -0.126. The second-order valence-electron chi connectivity index (χ2n) is 7.95. The van der Waals surface area contributed by atoms with Gasteiger partial charge in [0, 0.05) is 0 Å². The highest BCUT2D eigenvalue weighted by atomic mass is 16.5. The van der Waals surface area contributed by atoms with Crippen LogP contribution in [0.2, 0.25) is 0 Å². The highest BCUT2D eigenvalue weighted by molar-refractivity contribution is 5.81. The van der Waals surface area contributed by atoms with Gasteiger partial charge in [0.1, 0.15) is 0 Å². The van der Waals surface area contributed by atoms with Crippen molar-refractivity contribution < 1.29 is 9.53 Å². The first-order valence-electron chi connectivity index (χ1n) is 6.96. The lowest BCUT2D eigenvalue weighted by Crippen LogP contribution is -2.53. The van der Waals surface area contributed by atoms with Crippen molar-refractivity contribution in [1.29, 1.82) is 0 Å². The molecule has 0 aliphatic heterocycles. The molecule has 0 rings (SSSR count). The summed E-state index contributed by atoms with van der Waals surface area (Å²) in [5.41, 5.74) is 5.14. The van der Waals surface area contributed by atoms with Gasteiger partial charge >= 0.3 is 0 Å². The molecular weight excluding hydrogens is 240 g/mol. The van der Waals surface area contributed by atoms with E-state index in [2.05, 4.69) is 39.9 Å². The van der Waals surface area contributed by atoms with Crippen molar-refractivity contribution in [3.05, 3.63) is 0 Å². The largest absolute Gasteiger partial charge is 0.373 e. The van der Waals surface area contributed by atoms with Crippen molar-refractivity contribution in [2.24, 2.45) is 11.1 Å². The van der Waals surface area contributed by atoms with E-state index in [9.17, 15) is 4.79 Å². The van der Waals surface area contributed by atoms with Gasteiger partial charge in [-0.3, -0.25) is 4.79 Å². The SMILES string of the molecule is CC(N)C(=O)NC(C)(C)COC(C)(C)CC(C)(C)C. The summed E-state index contributed by atoms with van der Waals surface area (Å²) >= 11 is 0. The van der Waals surface area contributed by atoms with E-state index in [1.54, 1.807) is 6.92 Å². The number of carbonyl (C=O) groups is 1. The number of hydrogen-bond donors (Lipinski definition) is 2. The monoisotopic (exact) mass is 272 g/mol. The first-order chi connectivity index (χ1) is 8.24. The molecule has 0 fully saturated rings. The predicted molar refractivity (Wildman–Crippen MR) is 80.0 cm³/mol. The van der Waals surface area contributed by atoms with Crippen molar-refractivity contribution in [3.63, 3.8) is 0 Å². The zero-order valence-electron chi connectivity index (χ0n) is 13.9. The molecule has 0 aliphatic carbocycles. The van der Waals surface area contributed by atoms with Crippen molar-refractivity contribution in [3.8, 4) is 0 Å². The molecule has 19 heavy (non-hydrogen) atoms. The number of rotatable bonds is 6. The average molecular weight is 272 g/mol. The summed E-state index contributed by atoms with van der Waals surface area (Å²) in [6.45, 7) is 16.8. The normalized spacial score (nSPS) is 15.2. The van der Waals surface area contributed by atoms with Gasteiger partial charge in [0.25, 0.3) is 0 Å². The lowest BCUT2D eigenvalue weighted by Gasteiger charge is -2.36. The summed E-state index contributed by atoms with van der Waals surface area (Å²) in [7, 11) is 0. The summed E-state index contributed by atoms with van der Waals surface area (Å²) in [5, 5.41) is 2.90. The van der Waals surface area contributed by atoms with Crippen LogP contribution in [0.25, 0.3) is 0 Å². The van der Waals surface area contributed by atoms with Crippen LogP contribution in [0, 0.1) is 5.41 Å². The Labute approximate surface area is 118 Å². The summed E-state index contributed by atoms with van der Waals surface area (Å²) in [6, 6.07) is -0.498. The molecule has 4 heteroatoms. The molecule has 4 nitrogen and oxygen atoms in total. The summed E-state index contributed by atoms with van der Waals surface area (Å²) in [4.78, 5) is 11.6. The summed E-state index contributed by atoms with van der Waals surface area (Å²) < 4.78 is 6.00. The van der Waals surface area contributed by atoms with Crippen molar-refractivity contribution in [2.75, 3.05) is 6.61 Å². The maximum Gasteiger partial charge on any atom is 0.237 e. The van der Waals surface area contributed by atoms with E-state index in [1.807, 2.05) is 13.8 Å². The fraction of sp³-hybridized carbons (Fsp3) is 0.933. The minimum Gasteiger partial charge on any atom is -0.373 e. The molecule has 0 radical (unpaired) electrons. The van der Waals surface area contributed by atoms with Gasteiger partial charge < -0.3 is 15.8 Å². The number of carbonyl (C=O) groups excluding carboxylic acids is 1. The maximum atomic E-state index is 11.6. The maximum absolute atomic E-state index is 11.6. The molecule has 1 unspecified atom stereocenters. The fourth-order valence-electron chi connectivity index (χ4n) is 2.19. The van der Waals surface area contributed by atoms with Crippen LogP contribution in [-0.4, -0.2) is 29.7 Å². The van der Waals surface area contributed by atoms with E-state index in [0.717, 1.165) is 6.42 Å². The summed E-state index contributed by atoms with van der Waals surface area (Å²) in [5.74, 6) is -0.151. The number of ether oxygens (including phenoxy) is 1. The van der Waals surface area contributed by atoms with E-state index in [4.69, 9.17) is 10.5 Å². The van der Waals surface area contributed by atoms with Gasteiger partial charge in [-0.05, 0) is 46.5 Å². The quantitative estimate of drug-likeness (QED) is 0.780. The molecule has 0 saturated carbocycles. The Morgan fingerprint density at radius 1 is 1.16 bits per heavy atom. The zero-order chi connectivity index (χ0) is 15.5. The van der Waals surface area contributed by atoms with E-state index in [1.165, 1.54) is 0 Å². The van der Waals surface area contributed by atoms with E-state index in [0.29, 0.717) is 6.61 Å². The van der Waals surface area contributed by atoms with Crippen LogP contribution in [-0.2, 0) is 9.53 Å². The van der Waals surface area contributed by atoms with Gasteiger partial charge in [0.15, 0.2) is 0 Å². The van der Waals surface area contributed by atoms with Crippen LogP contribution >= 0.6 is 0 Å². The molecule has 0 aromatic heterocycles. The highest BCUT2D eigenvalue weighted by Crippen LogP contribution is 2.29. The Morgan fingerprint density at radius 2 is 1.63 bits per heavy atom. The first kappa shape index (κ1) is 18.4. The van der Waals surface area contributed by atoms with E-state index in [-0.39, 0.29) is 16.9 Å². The Morgan fingerprint density at radius 3 is 2.00 bits per heavy atom. The summed E-state index contributed by atoms with van der Waals surface area (Å²) in [6.07, 6.45) is 0.956. The Hall–Kier alpha value is -0.610. The minimum absolute atomic E-state index is 0.151. The Balaban J connectivity index is 4.41. The molecule has 1 atom stereocenters. The Bertz CT molecular complexity index is 302. The van der Waals surface area contributed by atoms with Crippen LogP contribution in [0.5, 0.6) is 0 Å². The molecule has 0 aromatic carbocycles. The number of hydrogen-bond acceptors (Lipinski definition) is 3. The molecule has 0 aromatic rings. The zero-order valence-corrected chi connectivity index (χ0v) is 13.9. The molecule has 114 valence electrons.